The number of nitrogens with zero attached hydrogens (tertiary/aromatic N) is 3. The average molecular weight is 311 g/mol. The number of aromatic nitrogens is 2. The molecule has 0 aromatic carbocycles. The monoisotopic (exact) mass is 311 g/mol. The van der Waals surface area contributed by atoms with Gasteiger partial charge in [0, 0.05) is 17.8 Å². The highest BCUT2D eigenvalue weighted by Gasteiger charge is 2.36. The molecule has 0 saturated heterocycles. The van der Waals surface area contributed by atoms with Gasteiger partial charge in [0.15, 0.2) is 0 Å². The molecule has 1 aromatic heterocycles. The molecular weight excluding hydrogens is 290 g/mol. The molecule has 2 rings (SSSR count). The van der Waals surface area contributed by atoms with Crippen LogP contribution in [0.5, 0.6) is 0 Å². The molecule has 0 bridgehead atoms. The maximum absolute atomic E-state index is 11.1. The summed E-state index contributed by atoms with van der Waals surface area (Å²) in [5, 5.41) is 17.3. The predicted molar refractivity (Wildman–Crippen MR) is 86.1 cm³/mol. The number of anilines is 2. The summed E-state index contributed by atoms with van der Waals surface area (Å²) in [6.07, 6.45) is 7.79. The molecule has 0 radical (unpaired) electrons. The summed E-state index contributed by atoms with van der Waals surface area (Å²) in [6.45, 7) is 3.47. The maximum atomic E-state index is 11.1. The number of thioether (sulfide) groups is 1. The van der Waals surface area contributed by atoms with Crippen molar-refractivity contribution in [2.75, 3.05) is 30.0 Å². The van der Waals surface area contributed by atoms with Crippen LogP contribution in [0.2, 0.25) is 0 Å². The fourth-order valence-corrected chi connectivity index (χ4v) is 3.14. The van der Waals surface area contributed by atoms with Crippen LogP contribution in [0.4, 0.5) is 17.5 Å². The molecule has 2 N–H and O–H groups in total. The quantitative estimate of drug-likeness (QED) is 0.563. The third kappa shape index (κ3) is 3.75. The zero-order valence-corrected chi connectivity index (χ0v) is 13.2. The number of nitrogens with one attached hydrogen (secondary N) is 2. The molecule has 1 fully saturated rings. The first-order chi connectivity index (χ1) is 10.1. The van der Waals surface area contributed by atoms with Gasteiger partial charge in [0.25, 0.3) is 0 Å². The van der Waals surface area contributed by atoms with Crippen LogP contribution >= 0.6 is 11.8 Å². The largest absolute Gasteiger partial charge is 0.363 e. The van der Waals surface area contributed by atoms with E-state index in [0.717, 1.165) is 25.8 Å². The zero-order chi connectivity index (χ0) is 15.3. The minimum atomic E-state index is -0.446. The lowest BCUT2D eigenvalue weighted by atomic mass is 9.84. The summed E-state index contributed by atoms with van der Waals surface area (Å²) >= 11 is 1.82. The van der Waals surface area contributed by atoms with Crippen molar-refractivity contribution in [1.82, 2.24) is 9.97 Å². The molecule has 0 atom stereocenters. The van der Waals surface area contributed by atoms with Crippen LogP contribution in [-0.2, 0) is 0 Å². The van der Waals surface area contributed by atoms with Gasteiger partial charge < -0.3 is 10.6 Å². The second-order valence-electron chi connectivity index (χ2n) is 5.21. The molecule has 0 amide bonds. The van der Waals surface area contributed by atoms with E-state index in [-0.39, 0.29) is 10.4 Å². The van der Waals surface area contributed by atoms with Crippen LogP contribution in [-0.4, -0.2) is 39.0 Å². The molecule has 1 saturated carbocycles. The number of hydrogen-bond donors (Lipinski definition) is 2. The van der Waals surface area contributed by atoms with E-state index in [9.17, 15) is 10.1 Å². The molecule has 0 aliphatic heterocycles. The van der Waals surface area contributed by atoms with Crippen LogP contribution in [0, 0.1) is 10.1 Å². The van der Waals surface area contributed by atoms with Crippen molar-refractivity contribution in [2.45, 2.75) is 37.4 Å². The minimum absolute atomic E-state index is 0.0763. The van der Waals surface area contributed by atoms with Crippen LogP contribution in [0.1, 0.15) is 32.6 Å². The fraction of sp³-hybridized carbons (Fsp3) is 0.692. The summed E-state index contributed by atoms with van der Waals surface area (Å²) in [7, 11) is 0. The predicted octanol–water partition coefficient (Wildman–Crippen LogP) is 2.90. The first-order valence-corrected chi connectivity index (χ1v) is 8.37. The molecule has 1 aliphatic rings. The van der Waals surface area contributed by atoms with Crippen LogP contribution in [0.15, 0.2) is 6.20 Å². The molecule has 1 aromatic rings. The van der Waals surface area contributed by atoms with Crippen LogP contribution in [0.25, 0.3) is 0 Å². The molecule has 7 nitrogen and oxygen atoms in total. The Morgan fingerprint density at radius 1 is 1.48 bits per heavy atom. The van der Waals surface area contributed by atoms with Crippen molar-refractivity contribution < 1.29 is 4.92 Å². The van der Waals surface area contributed by atoms with E-state index in [4.69, 9.17) is 0 Å². The van der Waals surface area contributed by atoms with Gasteiger partial charge in [-0.25, -0.2) is 4.98 Å². The molecule has 0 spiro atoms. The van der Waals surface area contributed by atoms with Crippen molar-refractivity contribution in [3.63, 3.8) is 0 Å². The third-order valence-corrected chi connectivity index (χ3v) is 5.19. The summed E-state index contributed by atoms with van der Waals surface area (Å²) in [4.78, 5) is 18.9. The fourth-order valence-electron chi connectivity index (χ4n) is 2.23. The Kier molecular flexibility index (Phi) is 5.22. The highest BCUT2D eigenvalue weighted by Crippen LogP contribution is 2.43. The van der Waals surface area contributed by atoms with Gasteiger partial charge in [-0.3, -0.25) is 10.1 Å². The lowest BCUT2D eigenvalue weighted by Crippen LogP contribution is -2.40. The van der Waals surface area contributed by atoms with Gasteiger partial charge in [0.2, 0.25) is 11.8 Å². The van der Waals surface area contributed by atoms with Gasteiger partial charge >= 0.3 is 5.69 Å². The Hall–Kier alpha value is -1.57. The second kappa shape index (κ2) is 6.93. The Bertz CT molecular complexity index is 502. The molecule has 0 unspecified atom stereocenters. The molecular formula is C13H21N5O2S. The topological polar surface area (TPSA) is 93.0 Å². The van der Waals surface area contributed by atoms with E-state index in [0.29, 0.717) is 18.3 Å². The Balaban J connectivity index is 2.12. The molecule has 116 valence electrons. The summed E-state index contributed by atoms with van der Waals surface area (Å²) in [6, 6.07) is 0. The SMILES string of the molecule is CCCNc1ncc([N+](=O)[O-])c(NCC2(SC)CCC2)n1. The van der Waals surface area contributed by atoms with Crippen molar-refractivity contribution in [1.29, 1.82) is 0 Å². The van der Waals surface area contributed by atoms with Crippen molar-refractivity contribution in [2.24, 2.45) is 0 Å². The van der Waals surface area contributed by atoms with Gasteiger partial charge in [-0.2, -0.15) is 16.7 Å². The average Bonchev–Trinajstić information content (AvgIpc) is 2.44. The summed E-state index contributed by atoms with van der Waals surface area (Å²) in [5.41, 5.74) is -0.0763. The Labute approximate surface area is 128 Å². The molecule has 21 heavy (non-hydrogen) atoms. The molecule has 8 heteroatoms. The van der Waals surface area contributed by atoms with Crippen LogP contribution in [0.3, 0.4) is 0 Å². The second-order valence-corrected chi connectivity index (χ2v) is 6.48. The normalized spacial score (nSPS) is 16.1. The first kappa shape index (κ1) is 15.8. The van der Waals surface area contributed by atoms with E-state index < -0.39 is 4.92 Å². The number of rotatable bonds is 8. The highest BCUT2D eigenvalue weighted by molar-refractivity contribution is 8.00. The van der Waals surface area contributed by atoms with Gasteiger partial charge in [0.05, 0.1) is 4.92 Å². The third-order valence-electron chi connectivity index (χ3n) is 3.78. The zero-order valence-electron chi connectivity index (χ0n) is 12.4. The van der Waals surface area contributed by atoms with E-state index in [1.807, 2.05) is 18.7 Å². The van der Waals surface area contributed by atoms with Crippen molar-refractivity contribution in [3.05, 3.63) is 16.3 Å². The Morgan fingerprint density at radius 3 is 2.76 bits per heavy atom. The smallest absolute Gasteiger partial charge is 0.329 e. The van der Waals surface area contributed by atoms with Crippen molar-refractivity contribution in [3.8, 4) is 0 Å². The minimum Gasteiger partial charge on any atom is -0.363 e. The number of hydrogen-bond acceptors (Lipinski definition) is 7. The standard InChI is InChI=1S/C13H21N5O2S/c1-3-7-14-12-15-8-10(18(19)20)11(17-12)16-9-13(21-2)5-4-6-13/h8H,3-7,9H2,1-2H3,(H2,14,15,16,17). The summed E-state index contributed by atoms with van der Waals surface area (Å²) < 4.78 is 0.190. The van der Waals surface area contributed by atoms with E-state index in [2.05, 4.69) is 26.9 Å². The van der Waals surface area contributed by atoms with Crippen molar-refractivity contribution >= 4 is 29.2 Å². The van der Waals surface area contributed by atoms with E-state index in [1.54, 1.807) is 0 Å². The van der Waals surface area contributed by atoms with Gasteiger partial charge in [-0.1, -0.05) is 13.3 Å². The van der Waals surface area contributed by atoms with Gasteiger partial charge in [-0.05, 0) is 25.5 Å². The van der Waals surface area contributed by atoms with Crippen LogP contribution < -0.4 is 10.6 Å². The number of nitro groups is 1. The van der Waals surface area contributed by atoms with Gasteiger partial charge in [0.1, 0.15) is 6.20 Å². The first-order valence-electron chi connectivity index (χ1n) is 7.14. The molecule has 1 aliphatic carbocycles. The Morgan fingerprint density at radius 2 is 2.24 bits per heavy atom. The lowest BCUT2D eigenvalue weighted by Gasteiger charge is -2.40. The summed E-state index contributed by atoms with van der Waals surface area (Å²) in [5.74, 6) is 0.727. The van der Waals surface area contributed by atoms with Gasteiger partial charge in [-0.15, -0.1) is 0 Å². The molecule has 1 heterocycles. The van der Waals surface area contributed by atoms with E-state index >= 15 is 0 Å². The van der Waals surface area contributed by atoms with E-state index in [1.165, 1.54) is 12.6 Å². The maximum Gasteiger partial charge on any atom is 0.329 e. The lowest BCUT2D eigenvalue weighted by molar-refractivity contribution is -0.384. The highest BCUT2D eigenvalue weighted by atomic mass is 32.2.